The van der Waals surface area contributed by atoms with Crippen LogP contribution >= 0.6 is 23.1 Å². The second kappa shape index (κ2) is 7.79. The average Bonchev–Trinajstić information content (AvgIpc) is 3.23. The van der Waals surface area contributed by atoms with Gasteiger partial charge in [0.05, 0.1) is 6.54 Å². The summed E-state index contributed by atoms with van der Waals surface area (Å²) in [5, 5.41) is 16.6. The summed E-state index contributed by atoms with van der Waals surface area (Å²) in [6.07, 6.45) is 5.44. The average molecular weight is 348 g/mol. The molecule has 7 heteroatoms. The van der Waals surface area contributed by atoms with E-state index in [1.54, 1.807) is 0 Å². The van der Waals surface area contributed by atoms with Crippen LogP contribution in [0.2, 0.25) is 0 Å². The molecule has 2 aromatic rings. The Morgan fingerprint density at radius 3 is 2.87 bits per heavy atom. The highest BCUT2D eigenvalue weighted by Crippen LogP contribution is 2.28. The van der Waals surface area contributed by atoms with Gasteiger partial charge in [-0.3, -0.25) is 0 Å². The topological polar surface area (TPSA) is 66.9 Å². The van der Waals surface area contributed by atoms with Gasteiger partial charge < -0.3 is 10.6 Å². The predicted molar refractivity (Wildman–Crippen MR) is 95.7 cm³/mol. The molecule has 1 fully saturated rings. The lowest BCUT2D eigenvalue weighted by atomic mass is 10.2. The van der Waals surface area contributed by atoms with Crippen molar-refractivity contribution in [3.63, 3.8) is 0 Å². The SMILES string of the molecule is CS[C@H]1CC[C@H](NC(=O)NCc2nnc(-c3ccccc3)s2)C1. The number of carbonyl (C=O) groups is 1. The Hall–Kier alpha value is -1.60. The Bertz CT molecular complexity index is 647. The minimum Gasteiger partial charge on any atom is -0.335 e. The fourth-order valence-corrected chi connectivity index (χ4v) is 4.28. The van der Waals surface area contributed by atoms with Gasteiger partial charge in [-0.1, -0.05) is 41.7 Å². The fraction of sp³-hybridized carbons (Fsp3) is 0.438. The first-order valence-corrected chi connectivity index (χ1v) is 9.80. The van der Waals surface area contributed by atoms with Crippen molar-refractivity contribution >= 4 is 29.1 Å². The maximum absolute atomic E-state index is 12.0. The van der Waals surface area contributed by atoms with E-state index >= 15 is 0 Å². The molecule has 2 atom stereocenters. The van der Waals surface area contributed by atoms with Crippen LogP contribution in [0.5, 0.6) is 0 Å². The van der Waals surface area contributed by atoms with Crippen molar-refractivity contribution in [2.24, 2.45) is 0 Å². The molecule has 0 spiro atoms. The highest BCUT2D eigenvalue weighted by Gasteiger charge is 2.25. The number of urea groups is 1. The summed E-state index contributed by atoms with van der Waals surface area (Å²) in [6, 6.07) is 10.1. The molecular formula is C16H20N4OS2. The normalized spacial score (nSPS) is 20.4. The lowest BCUT2D eigenvalue weighted by molar-refractivity contribution is 0.236. The van der Waals surface area contributed by atoms with E-state index < -0.39 is 0 Å². The van der Waals surface area contributed by atoms with E-state index in [-0.39, 0.29) is 6.03 Å². The van der Waals surface area contributed by atoms with Gasteiger partial charge in [-0.15, -0.1) is 10.2 Å². The van der Waals surface area contributed by atoms with E-state index in [0.29, 0.717) is 17.8 Å². The molecule has 3 rings (SSSR count). The molecule has 122 valence electrons. The summed E-state index contributed by atoms with van der Waals surface area (Å²) in [6.45, 7) is 0.412. The van der Waals surface area contributed by atoms with Crippen LogP contribution in [0.4, 0.5) is 4.79 Å². The maximum atomic E-state index is 12.0. The molecule has 0 radical (unpaired) electrons. The second-order valence-electron chi connectivity index (χ2n) is 5.56. The quantitative estimate of drug-likeness (QED) is 0.870. The number of hydrogen-bond donors (Lipinski definition) is 2. The number of nitrogens with zero attached hydrogens (tertiary/aromatic N) is 2. The highest BCUT2D eigenvalue weighted by molar-refractivity contribution is 7.99. The number of rotatable bonds is 5. The lowest BCUT2D eigenvalue weighted by Crippen LogP contribution is -2.40. The third kappa shape index (κ3) is 4.45. The van der Waals surface area contributed by atoms with E-state index in [1.165, 1.54) is 17.8 Å². The molecule has 1 heterocycles. The maximum Gasteiger partial charge on any atom is 0.315 e. The van der Waals surface area contributed by atoms with Crippen LogP contribution in [0.15, 0.2) is 30.3 Å². The zero-order valence-electron chi connectivity index (χ0n) is 13.0. The van der Waals surface area contributed by atoms with E-state index in [1.807, 2.05) is 42.1 Å². The van der Waals surface area contributed by atoms with Crippen LogP contribution in [-0.4, -0.2) is 33.8 Å². The summed E-state index contributed by atoms with van der Waals surface area (Å²) in [4.78, 5) is 12.0. The first kappa shape index (κ1) is 16.3. The van der Waals surface area contributed by atoms with Crippen LogP contribution in [-0.2, 0) is 6.54 Å². The number of benzene rings is 1. The minimum absolute atomic E-state index is 0.117. The summed E-state index contributed by atoms with van der Waals surface area (Å²) in [7, 11) is 0. The van der Waals surface area contributed by atoms with Gasteiger partial charge in [0.1, 0.15) is 10.0 Å². The second-order valence-corrected chi connectivity index (χ2v) is 7.76. The first-order chi connectivity index (χ1) is 11.2. The molecular weight excluding hydrogens is 328 g/mol. The third-order valence-corrected chi connectivity index (χ3v) is 6.01. The van der Waals surface area contributed by atoms with Crippen molar-refractivity contribution in [1.82, 2.24) is 20.8 Å². The summed E-state index contributed by atoms with van der Waals surface area (Å²) < 4.78 is 0. The molecule has 2 N–H and O–H groups in total. The van der Waals surface area contributed by atoms with Gasteiger partial charge >= 0.3 is 6.03 Å². The molecule has 1 aliphatic carbocycles. The number of nitrogens with one attached hydrogen (secondary N) is 2. The van der Waals surface area contributed by atoms with E-state index in [9.17, 15) is 4.79 Å². The minimum atomic E-state index is -0.117. The summed E-state index contributed by atoms with van der Waals surface area (Å²) in [5.74, 6) is 0. The zero-order valence-corrected chi connectivity index (χ0v) is 14.6. The van der Waals surface area contributed by atoms with Gasteiger partial charge in [0.15, 0.2) is 0 Å². The molecule has 1 aromatic carbocycles. The summed E-state index contributed by atoms with van der Waals surface area (Å²) >= 11 is 3.39. The van der Waals surface area contributed by atoms with Gasteiger partial charge in [-0.2, -0.15) is 11.8 Å². The molecule has 1 aliphatic rings. The van der Waals surface area contributed by atoms with Gasteiger partial charge in [-0.25, -0.2) is 4.79 Å². The Morgan fingerprint density at radius 1 is 1.30 bits per heavy atom. The van der Waals surface area contributed by atoms with Crippen LogP contribution < -0.4 is 10.6 Å². The summed E-state index contributed by atoms with van der Waals surface area (Å²) in [5.41, 5.74) is 1.05. The third-order valence-electron chi connectivity index (χ3n) is 3.94. The standard InChI is InChI=1S/C16H20N4OS2/c1-22-13-8-7-12(9-13)18-16(21)17-10-14-19-20-15(23-14)11-5-3-2-4-6-11/h2-6,12-13H,7-10H2,1H3,(H2,17,18,21)/t12-,13-/m0/s1. The molecule has 0 bridgehead atoms. The van der Waals surface area contributed by atoms with Crippen molar-refractivity contribution in [2.45, 2.75) is 37.1 Å². The van der Waals surface area contributed by atoms with Crippen molar-refractivity contribution < 1.29 is 4.79 Å². The molecule has 5 nitrogen and oxygen atoms in total. The molecule has 0 aliphatic heterocycles. The molecule has 1 saturated carbocycles. The van der Waals surface area contributed by atoms with Gasteiger partial charge in [0.2, 0.25) is 0 Å². The van der Waals surface area contributed by atoms with Gasteiger partial charge in [0, 0.05) is 16.9 Å². The Balaban J connectivity index is 1.47. The van der Waals surface area contributed by atoms with E-state index in [2.05, 4.69) is 27.1 Å². The number of thioether (sulfide) groups is 1. The molecule has 0 unspecified atom stereocenters. The number of carbonyl (C=O) groups excluding carboxylic acids is 1. The number of hydrogen-bond acceptors (Lipinski definition) is 5. The molecule has 1 aromatic heterocycles. The van der Waals surface area contributed by atoms with E-state index in [0.717, 1.165) is 28.4 Å². The van der Waals surface area contributed by atoms with Gasteiger partial charge in [0.25, 0.3) is 0 Å². The van der Waals surface area contributed by atoms with Crippen molar-refractivity contribution in [3.05, 3.63) is 35.3 Å². The Morgan fingerprint density at radius 2 is 2.13 bits per heavy atom. The Kier molecular flexibility index (Phi) is 5.51. The van der Waals surface area contributed by atoms with E-state index in [4.69, 9.17) is 0 Å². The highest BCUT2D eigenvalue weighted by atomic mass is 32.2. The fourth-order valence-electron chi connectivity index (χ4n) is 2.70. The Labute approximate surface area is 144 Å². The largest absolute Gasteiger partial charge is 0.335 e. The van der Waals surface area contributed by atoms with Gasteiger partial charge in [-0.05, 0) is 25.5 Å². The zero-order chi connectivity index (χ0) is 16.1. The van der Waals surface area contributed by atoms with Crippen LogP contribution in [0.1, 0.15) is 24.3 Å². The number of aromatic nitrogens is 2. The molecule has 2 amide bonds. The van der Waals surface area contributed by atoms with Crippen LogP contribution in [0, 0.1) is 0 Å². The monoisotopic (exact) mass is 348 g/mol. The lowest BCUT2D eigenvalue weighted by Gasteiger charge is -2.13. The molecule has 23 heavy (non-hydrogen) atoms. The van der Waals surface area contributed by atoms with Crippen molar-refractivity contribution in [2.75, 3.05) is 6.26 Å². The smallest absolute Gasteiger partial charge is 0.315 e. The van der Waals surface area contributed by atoms with Crippen LogP contribution in [0.25, 0.3) is 10.6 Å². The van der Waals surface area contributed by atoms with Crippen molar-refractivity contribution in [3.8, 4) is 10.6 Å². The predicted octanol–water partition coefficient (Wildman–Crippen LogP) is 3.29. The van der Waals surface area contributed by atoms with Crippen molar-refractivity contribution in [1.29, 1.82) is 0 Å². The first-order valence-electron chi connectivity index (χ1n) is 7.69. The van der Waals surface area contributed by atoms with Crippen LogP contribution in [0.3, 0.4) is 0 Å². The number of amides is 2. The molecule has 0 saturated heterocycles.